The van der Waals surface area contributed by atoms with Crippen molar-refractivity contribution in [1.29, 1.82) is 0 Å². The summed E-state index contributed by atoms with van der Waals surface area (Å²) in [6, 6.07) is 125. The summed E-state index contributed by atoms with van der Waals surface area (Å²) in [5.74, 6) is 2.22. The molecule has 0 fully saturated rings. The normalized spacial score (nSPS) is 12.3. The van der Waals surface area contributed by atoms with E-state index in [9.17, 15) is 0 Å². The van der Waals surface area contributed by atoms with Crippen LogP contribution in [0.2, 0.25) is 0 Å². The van der Waals surface area contributed by atoms with Crippen LogP contribution in [0, 0.1) is 0 Å². The van der Waals surface area contributed by atoms with Gasteiger partial charge >= 0.3 is 0 Å². The van der Waals surface area contributed by atoms with Crippen LogP contribution in [0.25, 0.3) is 134 Å². The fourth-order valence-electron chi connectivity index (χ4n) is 15.7. The van der Waals surface area contributed by atoms with Crippen molar-refractivity contribution < 1.29 is 0 Å². The first-order valence-electron chi connectivity index (χ1n) is 34.3. The van der Waals surface area contributed by atoms with Gasteiger partial charge < -0.3 is 18.9 Å². The SMILES string of the molecule is c1ccc(-c2cc(-c3ccc(-n4c5ccccc5c5cc6c7ccccc7n(-c7ccccc7)c6cc54)c(-c4nc(-c5ccccc5)nc(-c5cccc(-c6cccc(N7c8ccccc8B8c9ccccc9N(c9ccccc9)c9cccc7c98)c6)c5)n4)c3)nc(-c3ccccc3)n2)cc1. The zero-order valence-corrected chi connectivity index (χ0v) is 54.6. The van der Waals surface area contributed by atoms with E-state index in [1.54, 1.807) is 0 Å². The van der Waals surface area contributed by atoms with E-state index in [0.717, 1.165) is 123 Å². The summed E-state index contributed by atoms with van der Waals surface area (Å²) in [7, 11) is 0. The molecule has 0 radical (unpaired) electrons. The first kappa shape index (κ1) is 57.7. The number of anilines is 6. The second-order valence-corrected chi connectivity index (χ2v) is 25.9. The summed E-state index contributed by atoms with van der Waals surface area (Å²) in [6.07, 6.45) is 0. The molecule has 4 aromatic heterocycles. The maximum absolute atomic E-state index is 5.69. The van der Waals surface area contributed by atoms with E-state index >= 15 is 0 Å². The Kier molecular flexibility index (Phi) is 13.5. The number of aromatic nitrogens is 7. The van der Waals surface area contributed by atoms with Crippen LogP contribution >= 0.6 is 0 Å². The van der Waals surface area contributed by atoms with Crippen LogP contribution in [0.5, 0.6) is 0 Å². The number of rotatable bonds is 11. The number of fused-ring (bicyclic) bond motifs is 10. The van der Waals surface area contributed by atoms with Crippen molar-refractivity contribution in [3.63, 3.8) is 0 Å². The minimum Gasteiger partial charge on any atom is -0.311 e. The van der Waals surface area contributed by atoms with Gasteiger partial charge in [-0.15, -0.1) is 0 Å². The van der Waals surface area contributed by atoms with Crippen LogP contribution in [0.3, 0.4) is 0 Å². The van der Waals surface area contributed by atoms with E-state index in [4.69, 9.17) is 24.9 Å². The molecule has 2 aliphatic heterocycles. The van der Waals surface area contributed by atoms with Crippen molar-refractivity contribution in [1.82, 2.24) is 34.1 Å². The van der Waals surface area contributed by atoms with Crippen molar-refractivity contribution in [2.75, 3.05) is 9.80 Å². The van der Waals surface area contributed by atoms with Crippen molar-refractivity contribution in [2.24, 2.45) is 0 Å². The van der Waals surface area contributed by atoms with E-state index in [1.807, 2.05) is 42.5 Å². The van der Waals surface area contributed by atoms with E-state index in [0.29, 0.717) is 23.3 Å². The van der Waals surface area contributed by atoms with E-state index in [2.05, 4.69) is 328 Å². The fraction of sp³-hybridized carbons (Fsp3) is 0. The van der Waals surface area contributed by atoms with Crippen molar-refractivity contribution in [3.8, 4) is 90.6 Å². The minimum absolute atomic E-state index is 0.0357. The van der Waals surface area contributed by atoms with Gasteiger partial charge in [0, 0.05) is 94.7 Å². The van der Waals surface area contributed by atoms with Crippen LogP contribution in [-0.2, 0) is 0 Å². The van der Waals surface area contributed by atoms with Crippen molar-refractivity contribution in [2.45, 2.75) is 0 Å². The van der Waals surface area contributed by atoms with Gasteiger partial charge in [-0.2, -0.15) is 0 Å². The standard InChI is InChI=1S/C91H58BN9/c1-6-27-59(28-7-1)76-57-77(94-88(93-76)60-29-8-2-9-30-60)64-51-52-80(101-79-46-21-17-42-70(79)72-56-71-69-41-16-20-45-78(69)98(85(71)58-86(72)101)66-36-12-4-13-37-66)73(55-64)91-96-89(61-31-10-3-11-32-61)95-90(97-91)65-35-24-33-62(53-65)63-34-25-40-68(54-63)100-82-48-23-19-44-75(82)92-74-43-18-22-47-81(74)99(67-38-14-5-15-39-67)83-49-26-50-84(100)87(83)92/h1-58H. The molecule has 0 unspecified atom stereocenters. The lowest BCUT2D eigenvalue weighted by Gasteiger charge is -2.44. The number of hydrogen-bond donors (Lipinski definition) is 0. The van der Waals surface area contributed by atoms with Gasteiger partial charge in [0.25, 0.3) is 6.71 Å². The lowest BCUT2D eigenvalue weighted by molar-refractivity contribution is 1.06. The minimum atomic E-state index is 0.0357. The average Bonchev–Trinajstić information content (AvgIpc) is 1.41. The van der Waals surface area contributed by atoms with Crippen LogP contribution in [0.15, 0.2) is 352 Å². The Morgan fingerprint density at radius 1 is 0.218 bits per heavy atom. The zero-order valence-electron chi connectivity index (χ0n) is 54.6. The van der Waals surface area contributed by atoms with Gasteiger partial charge in [0.15, 0.2) is 23.3 Å². The summed E-state index contributed by atoms with van der Waals surface area (Å²) in [5, 5.41) is 4.63. The molecule has 0 N–H and O–H groups in total. The van der Waals surface area contributed by atoms with Gasteiger partial charge in [0.2, 0.25) is 0 Å². The van der Waals surface area contributed by atoms with Gasteiger partial charge in [-0.1, -0.05) is 243 Å². The molecular weight excluding hydrogens is 1230 g/mol. The first-order valence-corrected chi connectivity index (χ1v) is 34.3. The Labute approximate surface area is 583 Å². The van der Waals surface area contributed by atoms with Crippen LogP contribution < -0.4 is 26.2 Å². The molecule has 0 bridgehead atoms. The second kappa shape index (κ2) is 23.6. The third kappa shape index (κ3) is 9.59. The third-order valence-electron chi connectivity index (χ3n) is 20.1. The lowest BCUT2D eigenvalue weighted by Crippen LogP contribution is -2.61. The van der Waals surface area contributed by atoms with Crippen molar-refractivity contribution in [3.05, 3.63) is 352 Å². The second-order valence-electron chi connectivity index (χ2n) is 25.9. The number of benzene rings is 14. The molecule has 9 nitrogen and oxygen atoms in total. The first-order chi connectivity index (χ1) is 50.1. The monoisotopic (exact) mass is 1290 g/mol. The molecule has 14 aromatic carbocycles. The van der Waals surface area contributed by atoms with Crippen molar-refractivity contribution >= 4 is 101 Å². The van der Waals surface area contributed by atoms with E-state index < -0.39 is 0 Å². The molecule has 6 heterocycles. The molecule has 0 atom stereocenters. The molecule has 101 heavy (non-hydrogen) atoms. The Balaban J connectivity index is 0.782. The highest BCUT2D eigenvalue weighted by atomic mass is 15.2. The van der Waals surface area contributed by atoms with Gasteiger partial charge in [0.05, 0.1) is 39.1 Å². The topological polar surface area (TPSA) is 80.8 Å². The van der Waals surface area contributed by atoms with E-state index in [1.165, 1.54) is 38.5 Å². The molecule has 2 aliphatic rings. The molecule has 0 amide bonds. The molecule has 0 saturated heterocycles. The molecule has 20 rings (SSSR count). The molecule has 18 aromatic rings. The predicted molar refractivity (Wildman–Crippen MR) is 416 cm³/mol. The smallest absolute Gasteiger partial charge is 0.252 e. The largest absolute Gasteiger partial charge is 0.311 e. The maximum Gasteiger partial charge on any atom is 0.252 e. The zero-order chi connectivity index (χ0) is 66.5. The molecular formula is C91H58BN9. The van der Waals surface area contributed by atoms with Gasteiger partial charge in [0.1, 0.15) is 0 Å². The lowest BCUT2D eigenvalue weighted by atomic mass is 9.33. The molecule has 0 saturated carbocycles. The summed E-state index contributed by atoms with van der Waals surface area (Å²) < 4.78 is 4.80. The quantitative estimate of drug-likeness (QED) is 0.119. The summed E-state index contributed by atoms with van der Waals surface area (Å²) in [5.41, 5.74) is 25.9. The predicted octanol–water partition coefficient (Wildman–Crippen LogP) is 20.6. The van der Waals surface area contributed by atoms with Crippen LogP contribution in [0.4, 0.5) is 34.1 Å². The highest BCUT2D eigenvalue weighted by Gasteiger charge is 2.43. The third-order valence-corrected chi connectivity index (χ3v) is 20.1. The number of nitrogens with zero attached hydrogens (tertiary/aromatic N) is 9. The molecule has 10 heteroatoms. The number of hydrogen-bond acceptors (Lipinski definition) is 7. The number of para-hydroxylation sites is 6. The Bertz CT molecular complexity index is 6240. The summed E-state index contributed by atoms with van der Waals surface area (Å²) in [6.45, 7) is 0.0357. The maximum atomic E-state index is 5.69. The molecule has 470 valence electrons. The van der Waals surface area contributed by atoms with Crippen LogP contribution in [-0.4, -0.2) is 40.8 Å². The summed E-state index contributed by atoms with van der Waals surface area (Å²) >= 11 is 0. The summed E-state index contributed by atoms with van der Waals surface area (Å²) in [4.78, 5) is 32.2. The Morgan fingerprint density at radius 3 is 1.30 bits per heavy atom. The van der Waals surface area contributed by atoms with Gasteiger partial charge in [-0.3, -0.25) is 0 Å². The van der Waals surface area contributed by atoms with Gasteiger partial charge in [-0.25, -0.2) is 24.9 Å². The molecule has 0 spiro atoms. The van der Waals surface area contributed by atoms with E-state index in [-0.39, 0.29) is 6.71 Å². The van der Waals surface area contributed by atoms with Gasteiger partial charge in [-0.05, 0) is 137 Å². The Hall–Kier alpha value is -13.6. The van der Waals surface area contributed by atoms with Crippen LogP contribution in [0.1, 0.15) is 0 Å². The molecule has 0 aliphatic carbocycles. The highest BCUT2D eigenvalue weighted by molar-refractivity contribution is 7.00. The Morgan fingerprint density at radius 2 is 0.653 bits per heavy atom. The highest BCUT2D eigenvalue weighted by Crippen LogP contribution is 2.47. The average molecular weight is 1290 g/mol. The fourth-order valence-corrected chi connectivity index (χ4v) is 15.7.